The maximum atomic E-state index is 11.9. The van der Waals surface area contributed by atoms with Gasteiger partial charge in [0.2, 0.25) is 10.0 Å². The van der Waals surface area contributed by atoms with Crippen molar-refractivity contribution in [3.63, 3.8) is 0 Å². The quantitative estimate of drug-likeness (QED) is 0.720. The van der Waals surface area contributed by atoms with E-state index < -0.39 is 16.0 Å². The van der Waals surface area contributed by atoms with Crippen LogP contribution in [-0.4, -0.2) is 35.4 Å². The Balaban J connectivity index is 2.05. The fourth-order valence-electron chi connectivity index (χ4n) is 1.81. The molecule has 0 bridgehead atoms. The molecule has 8 heteroatoms. The van der Waals surface area contributed by atoms with Crippen molar-refractivity contribution in [2.75, 3.05) is 10.5 Å². The average Bonchev–Trinajstić information content (AvgIpc) is 2.91. The van der Waals surface area contributed by atoms with Gasteiger partial charge in [0.15, 0.2) is 0 Å². The number of benzene rings is 1. The van der Waals surface area contributed by atoms with Crippen molar-refractivity contribution < 1.29 is 18.3 Å². The number of carboxylic acids is 1. The molecule has 0 atom stereocenters. The van der Waals surface area contributed by atoms with Crippen molar-refractivity contribution >= 4 is 21.7 Å². The minimum absolute atomic E-state index is 0.0743. The van der Waals surface area contributed by atoms with E-state index in [0.717, 1.165) is 11.3 Å². The molecule has 0 amide bonds. The lowest BCUT2D eigenvalue weighted by Crippen LogP contribution is -2.17. The van der Waals surface area contributed by atoms with E-state index in [4.69, 9.17) is 5.11 Å². The molecule has 3 N–H and O–H groups in total. The van der Waals surface area contributed by atoms with E-state index in [0.29, 0.717) is 5.69 Å². The molecule has 112 valence electrons. The van der Waals surface area contributed by atoms with E-state index in [1.807, 2.05) is 6.07 Å². The van der Waals surface area contributed by atoms with Crippen LogP contribution in [0.15, 0.2) is 36.5 Å². The van der Waals surface area contributed by atoms with Gasteiger partial charge in [0.25, 0.3) is 0 Å². The second-order valence-corrected chi connectivity index (χ2v) is 6.31. The number of H-pyrrole nitrogens is 1. The summed E-state index contributed by atoms with van der Waals surface area (Å²) < 4.78 is 26.1. The van der Waals surface area contributed by atoms with Crippen molar-refractivity contribution in [3.8, 4) is 11.3 Å². The minimum Gasteiger partial charge on any atom is -0.481 e. The SMILES string of the molecule is O=C(O)CCCS(=O)(=O)Nc1cccc(-c2ccn[nH]2)c1. The molecule has 0 aliphatic carbocycles. The molecule has 0 saturated heterocycles. The van der Waals surface area contributed by atoms with Crippen LogP contribution < -0.4 is 4.72 Å². The molecule has 7 nitrogen and oxygen atoms in total. The Morgan fingerprint density at radius 3 is 2.81 bits per heavy atom. The monoisotopic (exact) mass is 309 g/mol. The normalized spacial score (nSPS) is 11.2. The molecule has 0 fully saturated rings. The van der Waals surface area contributed by atoms with Crippen LogP contribution in [0.3, 0.4) is 0 Å². The number of hydrogen-bond donors (Lipinski definition) is 3. The third kappa shape index (κ3) is 4.60. The number of nitrogens with zero attached hydrogens (tertiary/aromatic N) is 1. The number of aromatic nitrogens is 2. The Bertz CT molecular complexity index is 711. The molecule has 0 spiro atoms. The predicted molar refractivity (Wildman–Crippen MR) is 78.3 cm³/mol. The molecule has 0 aliphatic rings. The Morgan fingerprint density at radius 1 is 1.33 bits per heavy atom. The summed E-state index contributed by atoms with van der Waals surface area (Å²) in [4.78, 5) is 10.4. The summed E-state index contributed by atoms with van der Waals surface area (Å²) in [6.07, 6.45) is 1.51. The zero-order valence-corrected chi connectivity index (χ0v) is 11.9. The van der Waals surface area contributed by atoms with Gasteiger partial charge in [0.1, 0.15) is 0 Å². The summed E-state index contributed by atoms with van der Waals surface area (Å²) in [5.74, 6) is -1.24. The Kier molecular flexibility index (Phi) is 4.59. The molecule has 1 heterocycles. The largest absolute Gasteiger partial charge is 0.481 e. The highest BCUT2D eigenvalue weighted by Crippen LogP contribution is 2.21. The van der Waals surface area contributed by atoms with Gasteiger partial charge in [-0.15, -0.1) is 0 Å². The zero-order valence-electron chi connectivity index (χ0n) is 11.1. The molecule has 1 aromatic carbocycles. The first kappa shape index (κ1) is 15.0. The summed E-state index contributed by atoms with van der Waals surface area (Å²) in [7, 11) is -3.56. The number of aliphatic carboxylic acids is 1. The number of anilines is 1. The standard InChI is InChI=1S/C13H15N3O4S/c17-13(18)5-2-8-21(19,20)16-11-4-1-3-10(9-11)12-6-7-14-15-12/h1,3-4,6-7,9,16H,2,5,8H2,(H,14,15)(H,17,18). The van der Waals surface area contributed by atoms with Crippen LogP contribution in [0, 0.1) is 0 Å². The number of nitrogens with one attached hydrogen (secondary N) is 2. The van der Waals surface area contributed by atoms with E-state index in [2.05, 4.69) is 14.9 Å². The Morgan fingerprint density at radius 2 is 2.14 bits per heavy atom. The lowest BCUT2D eigenvalue weighted by atomic mass is 10.1. The first-order chi connectivity index (χ1) is 9.96. The lowest BCUT2D eigenvalue weighted by Gasteiger charge is -2.08. The Labute approximate surface area is 122 Å². The highest BCUT2D eigenvalue weighted by atomic mass is 32.2. The van der Waals surface area contributed by atoms with Crippen LogP contribution >= 0.6 is 0 Å². The van der Waals surface area contributed by atoms with Gasteiger partial charge in [-0.2, -0.15) is 5.10 Å². The van der Waals surface area contributed by atoms with Crippen molar-refractivity contribution in [2.45, 2.75) is 12.8 Å². The van der Waals surface area contributed by atoms with Crippen LogP contribution in [-0.2, 0) is 14.8 Å². The first-order valence-electron chi connectivity index (χ1n) is 6.28. The molecule has 2 aromatic rings. The number of carbonyl (C=O) groups is 1. The maximum Gasteiger partial charge on any atom is 0.303 e. The van der Waals surface area contributed by atoms with Crippen LogP contribution in [0.2, 0.25) is 0 Å². The molecule has 1 aromatic heterocycles. The van der Waals surface area contributed by atoms with Gasteiger partial charge in [0, 0.05) is 23.9 Å². The fraction of sp³-hybridized carbons (Fsp3) is 0.231. The fourth-order valence-corrected chi connectivity index (χ4v) is 2.92. The van der Waals surface area contributed by atoms with Gasteiger partial charge in [-0.3, -0.25) is 14.6 Å². The summed E-state index contributed by atoms with van der Waals surface area (Å²) in [6.45, 7) is 0. The molecular weight excluding hydrogens is 294 g/mol. The highest BCUT2D eigenvalue weighted by Gasteiger charge is 2.12. The maximum absolute atomic E-state index is 11.9. The number of sulfonamides is 1. The van der Waals surface area contributed by atoms with Crippen LogP contribution in [0.4, 0.5) is 5.69 Å². The minimum atomic E-state index is -3.56. The molecule has 21 heavy (non-hydrogen) atoms. The zero-order chi connectivity index (χ0) is 15.3. The molecule has 0 unspecified atom stereocenters. The van der Waals surface area contributed by atoms with E-state index in [-0.39, 0.29) is 18.6 Å². The van der Waals surface area contributed by atoms with Gasteiger partial charge in [-0.05, 0) is 24.6 Å². The van der Waals surface area contributed by atoms with E-state index in [1.165, 1.54) is 0 Å². The average molecular weight is 309 g/mol. The van der Waals surface area contributed by atoms with Gasteiger partial charge in [-0.1, -0.05) is 12.1 Å². The topological polar surface area (TPSA) is 112 Å². The Hall–Kier alpha value is -2.35. The second kappa shape index (κ2) is 6.40. The number of carboxylic acid groups (broad SMARTS) is 1. The number of rotatable bonds is 7. The summed E-state index contributed by atoms with van der Waals surface area (Å²) in [6, 6.07) is 8.65. The number of aromatic amines is 1. The van der Waals surface area contributed by atoms with Crippen molar-refractivity contribution in [3.05, 3.63) is 36.5 Å². The smallest absolute Gasteiger partial charge is 0.303 e. The van der Waals surface area contributed by atoms with Gasteiger partial charge in [-0.25, -0.2) is 8.42 Å². The van der Waals surface area contributed by atoms with Gasteiger partial charge >= 0.3 is 5.97 Å². The van der Waals surface area contributed by atoms with E-state index in [9.17, 15) is 13.2 Å². The summed E-state index contributed by atoms with van der Waals surface area (Å²) >= 11 is 0. The molecule has 0 radical (unpaired) electrons. The second-order valence-electron chi connectivity index (χ2n) is 4.47. The third-order valence-electron chi connectivity index (χ3n) is 2.75. The third-order valence-corrected chi connectivity index (χ3v) is 4.12. The van der Waals surface area contributed by atoms with Crippen molar-refractivity contribution in [1.82, 2.24) is 10.2 Å². The predicted octanol–water partition coefficient (Wildman–Crippen LogP) is 1.68. The summed E-state index contributed by atoms with van der Waals surface area (Å²) in [5, 5.41) is 15.2. The first-order valence-corrected chi connectivity index (χ1v) is 7.93. The molecule has 0 aliphatic heterocycles. The van der Waals surface area contributed by atoms with Gasteiger partial charge < -0.3 is 5.11 Å². The summed E-state index contributed by atoms with van der Waals surface area (Å²) in [5.41, 5.74) is 2.01. The highest BCUT2D eigenvalue weighted by molar-refractivity contribution is 7.92. The van der Waals surface area contributed by atoms with E-state index >= 15 is 0 Å². The van der Waals surface area contributed by atoms with Crippen LogP contribution in [0.1, 0.15) is 12.8 Å². The molecular formula is C13H15N3O4S. The lowest BCUT2D eigenvalue weighted by molar-refractivity contribution is -0.137. The number of hydrogen-bond acceptors (Lipinski definition) is 4. The van der Waals surface area contributed by atoms with Gasteiger partial charge in [0.05, 0.1) is 11.4 Å². The van der Waals surface area contributed by atoms with E-state index in [1.54, 1.807) is 30.5 Å². The molecule has 2 rings (SSSR count). The van der Waals surface area contributed by atoms with Crippen LogP contribution in [0.25, 0.3) is 11.3 Å². The van der Waals surface area contributed by atoms with Crippen molar-refractivity contribution in [2.24, 2.45) is 0 Å². The van der Waals surface area contributed by atoms with Crippen molar-refractivity contribution in [1.29, 1.82) is 0 Å². The van der Waals surface area contributed by atoms with Crippen LogP contribution in [0.5, 0.6) is 0 Å². The molecule has 0 saturated carbocycles.